The molecule has 258 valence electrons. The zero-order valence-corrected chi connectivity index (χ0v) is 30.5. The number of aliphatic hydroxyl groups excluding tert-OH is 1. The first kappa shape index (κ1) is 40.3. The zero-order valence-electron chi connectivity index (χ0n) is 27.1. The first-order valence-corrected chi connectivity index (χ1v) is 17.5. The lowest BCUT2D eigenvalue weighted by atomic mass is 9.96. The molecule has 0 spiro atoms. The van der Waals surface area contributed by atoms with E-state index in [1.54, 1.807) is 38.2 Å². The Hall–Kier alpha value is -2.88. The SMILES string of the molecule is CC(=C(CCCCC(S)S)CC(O)C(=O)CCNS(=O)(=O)c1cccc2c(N(C)C)cccc12)N(C=O)Cc1cnc(C)nc1N.Cl. The van der Waals surface area contributed by atoms with Crippen LogP contribution in [0.1, 0.15) is 56.8 Å². The van der Waals surface area contributed by atoms with Crippen LogP contribution in [0.5, 0.6) is 0 Å². The van der Waals surface area contributed by atoms with Gasteiger partial charge in [-0.15, -0.1) is 12.4 Å². The highest BCUT2D eigenvalue weighted by atomic mass is 35.5. The lowest BCUT2D eigenvalue weighted by Gasteiger charge is -2.24. The summed E-state index contributed by atoms with van der Waals surface area (Å²) in [6, 6.07) is 10.5. The molecule has 0 aliphatic carbocycles. The van der Waals surface area contributed by atoms with Crippen molar-refractivity contribution in [2.45, 2.75) is 74.5 Å². The van der Waals surface area contributed by atoms with Crippen molar-refractivity contribution in [1.29, 1.82) is 0 Å². The molecule has 1 unspecified atom stereocenters. The quantitative estimate of drug-likeness (QED) is 0.0544. The Morgan fingerprint density at radius 3 is 2.43 bits per heavy atom. The Balaban J connectivity index is 0.00000768. The van der Waals surface area contributed by atoms with Crippen molar-refractivity contribution < 1.29 is 23.1 Å². The third kappa shape index (κ3) is 11.4. The molecule has 0 saturated heterocycles. The van der Waals surface area contributed by atoms with Gasteiger partial charge in [-0.3, -0.25) is 9.59 Å². The normalized spacial score (nSPS) is 12.8. The number of carbonyl (C=O) groups excluding carboxylic acids is 2. The minimum Gasteiger partial charge on any atom is -0.385 e. The summed E-state index contributed by atoms with van der Waals surface area (Å²) in [4.78, 5) is 37.0. The minimum atomic E-state index is -3.95. The Kier molecular flexibility index (Phi) is 16.0. The van der Waals surface area contributed by atoms with E-state index >= 15 is 0 Å². The smallest absolute Gasteiger partial charge is 0.241 e. The van der Waals surface area contributed by atoms with E-state index in [0.717, 1.165) is 35.9 Å². The van der Waals surface area contributed by atoms with Gasteiger partial charge >= 0.3 is 0 Å². The van der Waals surface area contributed by atoms with Gasteiger partial charge in [-0.05, 0) is 50.8 Å². The van der Waals surface area contributed by atoms with E-state index in [9.17, 15) is 23.1 Å². The molecule has 1 amide bonds. The Bertz CT molecular complexity index is 1670. The van der Waals surface area contributed by atoms with Gasteiger partial charge in [0.05, 0.1) is 11.4 Å². The van der Waals surface area contributed by atoms with Gasteiger partial charge in [-0.25, -0.2) is 23.1 Å². The number of rotatable bonds is 18. The number of ketones is 1. The van der Waals surface area contributed by atoms with E-state index in [1.165, 1.54) is 11.0 Å². The fourth-order valence-corrected chi connectivity index (χ4v) is 6.76. The number of halogens is 1. The number of carbonyl (C=O) groups is 2. The highest BCUT2D eigenvalue weighted by molar-refractivity contribution is 7.99. The number of benzene rings is 2. The minimum absolute atomic E-state index is 0. The van der Waals surface area contributed by atoms with Crippen molar-refractivity contribution in [1.82, 2.24) is 19.6 Å². The van der Waals surface area contributed by atoms with Gasteiger partial charge < -0.3 is 20.6 Å². The van der Waals surface area contributed by atoms with Crippen LogP contribution in [-0.2, 0) is 26.2 Å². The predicted molar refractivity (Wildman–Crippen MR) is 197 cm³/mol. The average Bonchev–Trinajstić information content (AvgIpc) is 3.00. The van der Waals surface area contributed by atoms with E-state index in [1.807, 2.05) is 31.1 Å². The maximum atomic E-state index is 13.3. The van der Waals surface area contributed by atoms with Crippen molar-refractivity contribution in [3.8, 4) is 0 Å². The van der Waals surface area contributed by atoms with Gasteiger partial charge in [0.25, 0.3) is 0 Å². The number of aromatic nitrogens is 2. The highest BCUT2D eigenvalue weighted by Gasteiger charge is 2.23. The largest absolute Gasteiger partial charge is 0.385 e. The topological polar surface area (TPSA) is 159 Å². The Morgan fingerprint density at radius 1 is 1.11 bits per heavy atom. The van der Waals surface area contributed by atoms with E-state index in [0.29, 0.717) is 35.3 Å². The summed E-state index contributed by atoms with van der Waals surface area (Å²) in [5.74, 6) is 0.264. The van der Waals surface area contributed by atoms with Crippen LogP contribution < -0.4 is 15.4 Å². The zero-order chi connectivity index (χ0) is 34.0. The maximum absolute atomic E-state index is 13.3. The van der Waals surface area contributed by atoms with E-state index < -0.39 is 21.9 Å². The van der Waals surface area contributed by atoms with Crippen LogP contribution in [0, 0.1) is 6.92 Å². The summed E-state index contributed by atoms with van der Waals surface area (Å²) in [5.41, 5.74) is 8.81. The number of hydrogen-bond acceptors (Lipinski definition) is 11. The molecule has 11 nitrogen and oxygen atoms in total. The first-order chi connectivity index (χ1) is 21.7. The number of Topliss-reactive ketones (excluding diaryl/α,β-unsaturated/α-hetero) is 1. The standard InChI is InChI=1S/C32H44N6O5S3.ClH/c1-21(38(20-39)19-24-18-34-22(2)36-32(24)33)23(9-5-6-14-31(44)45)17-29(41)28(40)15-16-35-46(42,43)30-13-8-10-25-26(30)11-7-12-27(25)37(3)4;/h7-8,10-13,18,20,29,31,35,41,44-45H,5-6,9,14-17,19H2,1-4H3,(H2,33,34,36);1H. The molecule has 15 heteroatoms. The lowest BCUT2D eigenvalue weighted by Crippen LogP contribution is -2.30. The number of allylic oxidation sites excluding steroid dienone is 1. The van der Waals surface area contributed by atoms with E-state index in [4.69, 9.17) is 5.73 Å². The van der Waals surface area contributed by atoms with Crippen LogP contribution in [-0.4, -0.2) is 71.9 Å². The summed E-state index contributed by atoms with van der Waals surface area (Å²) in [6.45, 7) is 3.41. The van der Waals surface area contributed by atoms with Gasteiger partial charge in [-0.2, -0.15) is 25.3 Å². The Labute approximate surface area is 294 Å². The molecule has 1 heterocycles. The molecule has 47 heavy (non-hydrogen) atoms. The third-order valence-electron chi connectivity index (χ3n) is 7.73. The van der Waals surface area contributed by atoms with Crippen molar-refractivity contribution in [2.75, 3.05) is 31.3 Å². The molecule has 0 radical (unpaired) electrons. The van der Waals surface area contributed by atoms with E-state index in [2.05, 4.69) is 39.9 Å². The van der Waals surface area contributed by atoms with Gasteiger partial charge in [0.1, 0.15) is 17.7 Å². The second-order valence-corrected chi connectivity index (χ2v) is 14.7. The first-order valence-electron chi connectivity index (χ1n) is 15.0. The number of anilines is 2. The lowest BCUT2D eigenvalue weighted by molar-refractivity contribution is -0.126. The van der Waals surface area contributed by atoms with Crippen molar-refractivity contribution in [3.05, 3.63) is 65.3 Å². The number of nitrogens with two attached hydrogens (primary N) is 1. The fraction of sp³-hybridized carbons (Fsp3) is 0.438. The van der Waals surface area contributed by atoms with Crippen LogP contribution in [0.3, 0.4) is 0 Å². The molecule has 0 fully saturated rings. The number of amides is 1. The third-order valence-corrected chi connectivity index (χ3v) is 9.76. The van der Waals surface area contributed by atoms with Crippen molar-refractivity contribution in [3.63, 3.8) is 0 Å². The number of nitrogens with one attached hydrogen (secondary N) is 1. The molecule has 4 N–H and O–H groups in total. The van der Waals surface area contributed by atoms with Crippen LogP contribution in [0.4, 0.5) is 11.5 Å². The van der Waals surface area contributed by atoms with Gasteiger partial charge in [0.2, 0.25) is 16.4 Å². The summed E-state index contributed by atoms with van der Waals surface area (Å²) in [6.07, 6.45) is 3.46. The van der Waals surface area contributed by atoms with Crippen LogP contribution in [0.2, 0.25) is 0 Å². The molecule has 2 aromatic carbocycles. The number of aliphatic hydroxyl groups is 1. The number of unbranched alkanes of at least 4 members (excludes halogenated alkanes) is 1. The van der Waals surface area contributed by atoms with E-state index in [-0.39, 0.29) is 53.6 Å². The van der Waals surface area contributed by atoms with Crippen molar-refractivity contribution in [2.24, 2.45) is 0 Å². The van der Waals surface area contributed by atoms with Crippen LogP contribution in [0.25, 0.3) is 10.8 Å². The number of nitrogens with zero attached hydrogens (tertiary/aromatic N) is 4. The highest BCUT2D eigenvalue weighted by Crippen LogP contribution is 2.30. The second kappa shape index (κ2) is 18.6. The molecule has 0 saturated carbocycles. The number of aryl methyl sites for hydroxylation is 1. The van der Waals surface area contributed by atoms with Crippen molar-refractivity contribution >= 4 is 82.2 Å². The maximum Gasteiger partial charge on any atom is 0.241 e. The molecule has 1 aromatic heterocycles. The van der Waals surface area contributed by atoms with Gasteiger partial charge in [-0.1, -0.05) is 30.7 Å². The summed E-state index contributed by atoms with van der Waals surface area (Å²) in [5, 5.41) is 12.3. The molecule has 0 bridgehead atoms. The summed E-state index contributed by atoms with van der Waals surface area (Å²) < 4.78 is 29.0. The van der Waals surface area contributed by atoms with Gasteiger partial charge in [0.15, 0.2) is 5.78 Å². The number of thiol groups is 2. The number of fused-ring (bicyclic) bond motifs is 1. The number of hydrogen-bond donors (Lipinski definition) is 5. The monoisotopic (exact) mass is 724 g/mol. The average molecular weight is 725 g/mol. The van der Waals surface area contributed by atoms with Crippen LogP contribution >= 0.6 is 37.7 Å². The second-order valence-electron chi connectivity index (χ2n) is 11.3. The molecular weight excluding hydrogens is 680 g/mol. The number of nitrogen functional groups attached to an aromatic ring is 1. The van der Waals surface area contributed by atoms with Crippen LogP contribution in [0.15, 0.2) is 58.8 Å². The summed E-state index contributed by atoms with van der Waals surface area (Å²) >= 11 is 8.62. The molecular formula is C32H45ClN6O5S3. The predicted octanol–water partition coefficient (Wildman–Crippen LogP) is 4.68. The molecule has 3 rings (SSSR count). The number of sulfonamides is 1. The molecule has 3 aromatic rings. The molecule has 0 aliphatic heterocycles. The Morgan fingerprint density at radius 2 is 1.79 bits per heavy atom. The molecule has 1 atom stereocenters. The molecule has 0 aliphatic rings. The summed E-state index contributed by atoms with van der Waals surface area (Å²) in [7, 11) is -0.176. The fourth-order valence-electron chi connectivity index (χ4n) is 5.14. The van der Waals surface area contributed by atoms with Gasteiger partial charge in [0, 0.05) is 72.0 Å².